The van der Waals surface area contributed by atoms with Gasteiger partial charge in [0.2, 0.25) is 15.9 Å². The average Bonchev–Trinajstić information content (AvgIpc) is 2.83. The summed E-state index contributed by atoms with van der Waals surface area (Å²) in [5.41, 5.74) is 2.19. The number of sulfonamides is 1. The number of para-hydroxylation sites is 2. The quantitative estimate of drug-likeness (QED) is 0.511. The summed E-state index contributed by atoms with van der Waals surface area (Å²) in [5.74, 6) is 0.605. The number of amides is 1. The van der Waals surface area contributed by atoms with Gasteiger partial charge in [0.25, 0.3) is 0 Å². The van der Waals surface area contributed by atoms with Crippen LogP contribution in [0.4, 0.5) is 5.69 Å². The first kappa shape index (κ1) is 23.5. The molecule has 33 heavy (non-hydrogen) atoms. The molecule has 1 aliphatic heterocycles. The Morgan fingerprint density at radius 1 is 1.18 bits per heavy atom. The monoisotopic (exact) mass is 487 g/mol. The second-order valence-electron chi connectivity index (χ2n) is 7.51. The van der Waals surface area contributed by atoms with E-state index in [1.54, 1.807) is 37.4 Å². The molecule has 1 aliphatic rings. The Balaban J connectivity index is 1.49. The molecule has 0 aliphatic carbocycles. The van der Waals surface area contributed by atoms with Crippen molar-refractivity contribution in [1.29, 1.82) is 0 Å². The molecule has 0 atom stereocenters. The maximum absolute atomic E-state index is 13.0. The van der Waals surface area contributed by atoms with Crippen molar-refractivity contribution in [3.05, 3.63) is 54.1 Å². The van der Waals surface area contributed by atoms with Gasteiger partial charge in [-0.1, -0.05) is 23.9 Å². The van der Waals surface area contributed by atoms with Crippen LogP contribution in [0.5, 0.6) is 5.75 Å². The molecule has 0 spiro atoms. The number of nitrogens with zero attached hydrogens (tertiary/aromatic N) is 2. The zero-order valence-electron chi connectivity index (χ0n) is 18.4. The normalized spacial score (nSPS) is 14.8. The molecule has 3 aromatic rings. The van der Waals surface area contributed by atoms with Crippen LogP contribution in [-0.4, -0.2) is 62.8 Å². The molecule has 10 heteroatoms. The summed E-state index contributed by atoms with van der Waals surface area (Å²) in [6, 6.07) is 14.1. The fraction of sp³-hybridized carbons (Fsp3) is 0.304. The number of hydrogen-bond donors (Lipinski definition) is 1. The third-order valence-corrected chi connectivity index (χ3v) is 8.11. The molecule has 0 radical (unpaired) electrons. The van der Waals surface area contributed by atoms with Crippen LogP contribution >= 0.6 is 11.8 Å². The maximum Gasteiger partial charge on any atom is 0.243 e. The number of carbonyl (C=O) groups excluding carboxylic acids is 1. The number of pyridine rings is 1. The van der Waals surface area contributed by atoms with Gasteiger partial charge in [0.05, 0.1) is 47.2 Å². The highest BCUT2D eigenvalue weighted by molar-refractivity contribution is 7.99. The van der Waals surface area contributed by atoms with Crippen molar-refractivity contribution in [3.8, 4) is 5.75 Å². The molecule has 1 saturated heterocycles. The van der Waals surface area contributed by atoms with Gasteiger partial charge < -0.3 is 14.8 Å². The SMILES string of the molecule is COc1ccccc1NC(=O)CSc1cc(C)c2cc(S(=O)(=O)N3CCOCC3)ccc2n1. The molecule has 8 nitrogen and oxygen atoms in total. The topological polar surface area (TPSA) is 97.8 Å². The molecular weight excluding hydrogens is 462 g/mol. The smallest absolute Gasteiger partial charge is 0.243 e. The molecule has 1 aromatic heterocycles. The van der Waals surface area contributed by atoms with E-state index < -0.39 is 10.0 Å². The van der Waals surface area contributed by atoms with E-state index in [-0.39, 0.29) is 16.6 Å². The van der Waals surface area contributed by atoms with Gasteiger partial charge in [0.15, 0.2) is 0 Å². The van der Waals surface area contributed by atoms with Crippen LogP contribution in [0, 0.1) is 6.92 Å². The standard InChI is InChI=1S/C23H25N3O5S2/c1-16-13-23(32-15-22(27)24-20-5-3-4-6-21(20)30-2)25-19-8-7-17(14-18(16)19)33(28,29)26-9-11-31-12-10-26/h3-8,13-14H,9-12,15H2,1-2H3,(H,24,27). The van der Waals surface area contributed by atoms with Crippen molar-refractivity contribution in [2.24, 2.45) is 0 Å². The first-order valence-electron chi connectivity index (χ1n) is 10.4. The molecular formula is C23H25N3O5S2. The zero-order chi connectivity index (χ0) is 23.4. The zero-order valence-corrected chi connectivity index (χ0v) is 20.0. The van der Waals surface area contributed by atoms with E-state index in [4.69, 9.17) is 9.47 Å². The van der Waals surface area contributed by atoms with E-state index in [0.717, 1.165) is 10.9 Å². The van der Waals surface area contributed by atoms with Crippen LogP contribution in [0.3, 0.4) is 0 Å². The molecule has 1 amide bonds. The van der Waals surface area contributed by atoms with Gasteiger partial charge in [-0.05, 0) is 48.9 Å². The molecule has 0 saturated carbocycles. The van der Waals surface area contributed by atoms with E-state index in [1.165, 1.54) is 16.1 Å². The van der Waals surface area contributed by atoms with E-state index in [1.807, 2.05) is 25.1 Å². The number of aromatic nitrogens is 1. The minimum Gasteiger partial charge on any atom is -0.495 e. The predicted octanol–water partition coefficient (Wildman–Crippen LogP) is 3.30. The second-order valence-corrected chi connectivity index (χ2v) is 10.4. The van der Waals surface area contributed by atoms with Gasteiger partial charge in [0.1, 0.15) is 5.75 Å². The van der Waals surface area contributed by atoms with Gasteiger partial charge in [-0.25, -0.2) is 13.4 Å². The van der Waals surface area contributed by atoms with Crippen LogP contribution in [0.15, 0.2) is 58.5 Å². The first-order valence-corrected chi connectivity index (χ1v) is 12.9. The number of aryl methyl sites for hydroxylation is 1. The van der Waals surface area contributed by atoms with Gasteiger partial charge in [-0.15, -0.1) is 0 Å². The van der Waals surface area contributed by atoms with Crippen molar-refractivity contribution in [2.45, 2.75) is 16.8 Å². The number of carbonyl (C=O) groups is 1. The lowest BCUT2D eigenvalue weighted by atomic mass is 10.1. The Morgan fingerprint density at radius 3 is 2.70 bits per heavy atom. The van der Waals surface area contributed by atoms with Crippen molar-refractivity contribution in [1.82, 2.24) is 9.29 Å². The fourth-order valence-electron chi connectivity index (χ4n) is 3.59. The van der Waals surface area contributed by atoms with Crippen LogP contribution in [0.2, 0.25) is 0 Å². The fourth-order valence-corrected chi connectivity index (χ4v) is 5.80. The van der Waals surface area contributed by atoms with Crippen LogP contribution < -0.4 is 10.1 Å². The Labute approximate surface area is 197 Å². The summed E-state index contributed by atoms with van der Waals surface area (Å²) in [4.78, 5) is 17.3. The van der Waals surface area contributed by atoms with Crippen molar-refractivity contribution >= 4 is 44.3 Å². The lowest BCUT2D eigenvalue weighted by Crippen LogP contribution is -2.40. The molecule has 174 valence electrons. The highest BCUT2D eigenvalue weighted by Crippen LogP contribution is 2.28. The molecule has 4 rings (SSSR count). The van der Waals surface area contributed by atoms with Gasteiger partial charge in [-0.3, -0.25) is 4.79 Å². The molecule has 0 unspecified atom stereocenters. The van der Waals surface area contributed by atoms with Crippen LogP contribution in [0.1, 0.15) is 5.56 Å². The number of hydrogen-bond acceptors (Lipinski definition) is 7. The van der Waals surface area contributed by atoms with E-state index in [2.05, 4.69) is 10.3 Å². The summed E-state index contributed by atoms with van der Waals surface area (Å²) in [5, 5.41) is 4.31. The van der Waals surface area contributed by atoms with Gasteiger partial charge >= 0.3 is 0 Å². The Morgan fingerprint density at radius 2 is 1.94 bits per heavy atom. The average molecular weight is 488 g/mol. The van der Waals surface area contributed by atoms with Crippen LogP contribution in [-0.2, 0) is 19.6 Å². The van der Waals surface area contributed by atoms with E-state index >= 15 is 0 Å². The van der Waals surface area contributed by atoms with Crippen molar-refractivity contribution in [3.63, 3.8) is 0 Å². The maximum atomic E-state index is 13.0. The largest absolute Gasteiger partial charge is 0.495 e. The van der Waals surface area contributed by atoms with Crippen molar-refractivity contribution in [2.75, 3.05) is 44.5 Å². The summed E-state index contributed by atoms with van der Waals surface area (Å²) in [6.07, 6.45) is 0. The third kappa shape index (κ3) is 5.30. The summed E-state index contributed by atoms with van der Waals surface area (Å²) in [7, 11) is -2.03. The first-order chi connectivity index (χ1) is 15.9. The number of fused-ring (bicyclic) bond motifs is 1. The molecule has 1 fully saturated rings. The number of anilines is 1. The van der Waals surface area contributed by atoms with Crippen LogP contribution in [0.25, 0.3) is 10.9 Å². The molecule has 2 heterocycles. The molecule has 2 aromatic carbocycles. The second kappa shape index (κ2) is 10.1. The minimum atomic E-state index is -3.58. The Kier molecular flexibility index (Phi) is 7.18. The summed E-state index contributed by atoms with van der Waals surface area (Å²) >= 11 is 1.32. The lowest BCUT2D eigenvalue weighted by molar-refractivity contribution is -0.113. The molecule has 1 N–H and O–H groups in total. The highest BCUT2D eigenvalue weighted by Gasteiger charge is 2.26. The summed E-state index contributed by atoms with van der Waals surface area (Å²) in [6.45, 7) is 3.42. The van der Waals surface area contributed by atoms with Crippen molar-refractivity contribution < 1.29 is 22.7 Å². The highest BCUT2D eigenvalue weighted by atomic mass is 32.2. The number of methoxy groups -OCH3 is 1. The minimum absolute atomic E-state index is 0.170. The Hall–Kier alpha value is -2.66. The van der Waals surface area contributed by atoms with Gasteiger partial charge in [0, 0.05) is 18.5 Å². The number of rotatable bonds is 7. The van der Waals surface area contributed by atoms with E-state index in [0.29, 0.717) is 48.3 Å². The third-order valence-electron chi connectivity index (χ3n) is 5.30. The number of thioether (sulfide) groups is 1. The number of benzene rings is 2. The summed E-state index contributed by atoms with van der Waals surface area (Å²) < 4.78 is 37.9. The number of ether oxygens (including phenoxy) is 2. The number of morpholine rings is 1. The number of nitrogens with one attached hydrogen (secondary N) is 1. The predicted molar refractivity (Wildman–Crippen MR) is 128 cm³/mol. The molecule has 0 bridgehead atoms. The Bertz CT molecular complexity index is 1270. The van der Waals surface area contributed by atoms with Gasteiger partial charge in [-0.2, -0.15) is 4.31 Å². The van der Waals surface area contributed by atoms with E-state index in [9.17, 15) is 13.2 Å². The lowest BCUT2D eigenvalue weighted by Gasteiger charge is -2.26.